The Hall–Kier alpha value is -2.42. The molecule has 0 bridgehead atoms. The van der Waals surface area contributed by atoms with Crippen molar-refractivity contribution in [3.63, 3.8) is 0 Å². The molecule has 0 amide bonds. The molecule has 2 aromatic carbocycles. The van der Waals surface area contributed by atoms with Crippen molar-refractivity contribution in [2.45, 2.75) is 5.92 Å². The number of aromatic nitrogens is 2. The van der Waals surface area contributed by atoms with Crippen molar-refractivity contribution in [3.8, 4) is 0 Å². The number of nitro groups is 1. The van der Waals surface area contributed by atoms with Crippen LogP contribution in [-0.2, 0) is 0 Å². The summed E-state index contributed by atoms with van der Waals surface area (Å²) in [6.45, 7) is 0. The normalized spacial score (nSPS) is 13.8. The molecule has 1 aliphatic rings. The summed E-state index contributed by atoms with van der Waals surface area (Å²) in [7, 11) is 0. The summed E-state index contributed by atoms with van der Waals surface area (Å²) in [6.07, 6.45) is 0. The zero-order chi connectivity index (χ0) is 16.1. The van der Waals surface area contributed by atoms with E-state index in [1.165, 1.54) is 12.1 Å². The van der Waals surface area contributed by atoms with Crippen LogP contribution in [0.5, 0.6) is 0 Å². The quantitative estimate of drug-likeness (QED) is 0.303. The molecular weight excluding hydrogens is 325 g/mol. The molecule has 24 heavy (non-hydrogen) atoms. The molecule has 0 N–H and O–H groups in total. The van der Waals surface area contributed by atoms with Gasteiger partial charge in [-0.2, -0.15) is 0 Å². The summed E-state index contributed by atoms with van der Waals surface area (Å²) < 4.78 is 4.58. The van der Waals surface area contributed by atoms with Gasteiger partial charge in [-0.25, -0.2) is 4.63 Å². The van der Waals surface area contributed by atoms with Gasteiger partial charge in [0, 0.05) is 22.8 Å². The molecule has 0 saturated carbocycles. The second-order valence-electron chi connectivity index (χ2n) is 5.10. The maximum absolute atomic E-state index is 12.6. The van der Waals surface area contributed by atoms with Gasteiger partial charge in [-0.1, -0.05) is 24.3 Å². The second-order valence-corrected chi connectivity index (χ2v) is 5.10. The van der Waals surface area contributed by atoms with Crippen LogP contribution in [0.15, 0.2) is 41.0 Å². The molecule has 1 heterocycles. The summed E-state index contributed by atoms with van der Waals surface area (Å²) in [5.74, 6) is -1.80. The van der Waals surface area contributed by atoms with Gasteiger partial charge in [0.1, 0.15) is 11.4 Å². The second kappa shape index (κ2) is 5.90. The first-order valence-electron chi connectivity index (χ1n) is 6.66. The third kappa shape index (κ3) is 2.19. The van der Waals surface area contributed by atoms with Gasteiger partial charge in [-0.05, 0) is 16.4 Å². The third-order valence-electron chi connectivity index (χ3n) is 3.92. The van der Waals surface area contributed by atoms with E-state index in [-0.39, 0.29) is 63.4 Å². The van der Waals surface area contributed by atoms with E-state index in [1.807, 2.05) is 0 Å². The number of carbonyl (C=O) groups excluding carboxylic acids is 2. The Morgan fingerprint density at radius 2 is 1.54 bits per heavy atom. The minimum atomic E-state index is -1.08. The SMILES string of the molecule is O=C1c2ccccc2C(=O)C1c1ccc([N+](=O)[O-])c2nonc12.[NaH]. The van der Waals surface area contributed by atoms with E-state index >= 15 is 0 Å². The number of carbonyl (C=O) groups is 2. The number of fused-ring (bicyclic) bond motifs is 2. The molecule has 9 heteroatoms. The Kier molecular flexibility index (Phi) is 4.04. The van der Waals surface area contributed by atoms with E-state index in [9.17, 15) is 19.7 Å². The first kappa shape index (κ1) is 16.4. The van der Waals surface area contributed by atoms with Gasteiger partial charge in [-0.3, -0.25) is 19.7 Å². The molecule has 1 aromatic heterocycles. The number of ketones is 2. The van der Waals surface area contributed by atoms with Gasteiger partial charge >= 0.3 is 35.2 Å². The molecule has 0 spiro atoms. The zero-order valence-corrected chi connectivity index (χ0v) is 11.4. The Bertz CT molecular complexity index is 978. The average molecular weight is 333 g/mol. The fraction of sp³-hybridized carbons (Fsp3) is 0.0667. The molecule has 0 atom stereocenters. The molecular formula is C15H8N3NaO5. The van der Waals surface area contributed by atoms with E-state index in [4.69, 9.17) is 0 Å². The molecule has 0 unspecified atom stereocenters. The monoisotopic (exact) mass is 333 g/mol. The summed E-state index contributed by atoms with van der Waals surface area (Å²) in [6, 6.07) is 9.08. The van der Waals surface area contributed by atoms with Crippen LogP contribution in [-0.4, -0.2) is 56.4 Å². The van der Waals surface area contributed by atoms with Crippen molar-refractivity contribution < 1.29 is 19.1 Å². The fourth-order valence-corrected chi connectivity index (χ4v) is 2.88. The van der Waals surface area contributed by atoms with Crippen molar-refractivity contribution in [1.29, 1.82) is 0 Å². The Labute approximate surface area is 156 Å². The summed E-state index contributed by atoms with van der Waals surface area (Å²) in [5, 5.41) is 18.2. The van der Waals surface area contributed by atoms with Crippen LogP contribution in [0, 0.1) is 10.1 Å². The summed E-state index contributed by atoms with van der Waals surface area (Å²) >= 11 is 0. The van der Waals surface area contributed by atoms with Crippen molar-refractivity contribution in [2.75, 3.05) is 0 Å². The van der Waals surface area contributed by atoms with Gasteiger partial charge in [0.05, 0.1) is 4.92 Å². The molecule has 0 radical (unpaired) electrons. The van der Waals surface area contributed by atoms with Gasteiger partial charge in [0.25, 0.3) is 0 Å². The van der Waals surface area contributed by atoms with Crippen LogP contribution in [0.25, 0.3) is 11.0 Å². The predicted molar refractivity (Wildman–Crippen MR) is 83.5 cm³/mol. The number of hydrogen-bond acceptors (Lipinski definition) is 7. The maximum atomic E-state index is 12.6. The van der Waals surface area contributed by atoms with Crippen LogP contribution < -0.4 is 0 Å². The summed E-state index contributed by atoms with van der Waals surface area (Å²) in [5.41, 5.74) is 0.622. The third-order valence-corrected chi connectivity index (χ3v) is 3.92. The Balaban J connectivity index is 0.00000169. The molecule has 3 aromatic rings. The van der Waals surface area contributed by atoms with Crippen LogP contribution in [0.4, 0.5) is 5.69 Å². The number of nitro benzene ring substituents is 1. The van der Waals surface area contributed by atoms with Crippen LogP contribution in [0.3, 0.4) is 0 Å². The number of rotatable bonds is 2. The first-order valence-corrected chi connectivity index (χ1v) is 6.66. The van der Waals surface area contributed by atoms with E-state index < -0.39 is 10.8 Å². The molecule has 0 fully saturated rings. The van der Waals surface area contributed by atoms with E-state index in [1.54, 1.807) is 24.3 Å². The zero-order valence-electron chi connectivity index (χ0n) is 11.4. The van der Waals surface area contributed by atoms with Crippen molar-refractivity contribution in [3.05, 3.63) is 63.2 Å². The number of non-ortho nitro benzene ring substituents is 1. The van der Waals surface area contributed by atoms with E-state index in [0.717, 1.165) is 0 Å². The standard InChI is InChI=1S/C15H7N3O5.Na.H/c19-14-7-3-1-2-4-8(7)15(20)11(14)9-5-6-10(18(21)22)13-12(9)16-23-17-13;;/h1-6,11H;;. The molecule has 8 nitrogen and oxygen atoms in total. The first-order chi connectivity index (χ1) is 11.1. The number of hydrogen-bond donors (Lipinski definition) is 0. The minimum absolute atomic E-state index is 0. The molecule has 114 valence electrons. The number of Topliss-reactive ketones (excluding diaryl/α,β-unsaturated/α-hetero) is 2. The van der Waals surface area contributed by atoms with Crippen molar-refractivity contribution in [1.82, 2.24) is 10.3 Å². The predicted octanol–water partition coefficient (Wildman–Crippen LogP) is 1.65. The molecule has 4 rings (SSSR count). The van der Waals surface area contributed by atoms with Gasteiger partial charge < -0.3 is 0 Å². The number of nitrogens with zero attached hydrogens (tertiary/aromatic N) is 3. The molecule has 0 saturated heterocycles. The molecule has 0 aliphatic heterocycles. The number of benzene rings is 2. The van der Waals surface area contributed by atoms with Crippen LogP contribution in [0.1, 0.15) is 32.2 Å². The topological polar surface area (TPSA) is 116 Å². The Morgan fingerprint density at radius 1 is 0.958 bits per heavy atom. The van der Waals surface area contributed by atoms with E-state index in [2.05, 4.69) is 14.9 Å². The van der Waals surface area contributed by atoms with Gasteiger partial charge in [-0.15, -0.1) is 0 Å². The van der Waals surface area contributed by atoms with Crippen molar-refractivity contribution >= 4 is 57.8 Å². The van der Waals surface area contributed by atoms with E-state index in [0.29, 0.717) is 11.1 Å². The molecule has 1 aliphatic carbocycles. The van der Waals surface area contributed by atoms with Crippen LogP contribution in [0.2, 0.25) is 0 Å². The Morgan fingerprint density at radius 3 is 2.12 bits per heavy atom. The fourth-order valence-electron chi connectivity index (χ4n) is 2.88. The summed E-state index contributed by atoms with van der Waals surface area (Å²) in [4.78, 5) is 35.5. The van der Waals surface area contributed by atoms with Crippen molar-refractivity contribution in [2.24, 2.45) is 0 Å². The van der Waals surface area contributed by atoms with Crippen LogP contribution >= 0.6 is 0 Å². The van der Waals surface area contributed by atoms with Gasteiger partial charge in [0.2, 0.25) is 5.52 Å². The average Bonchev–Trinajstić information content (AvgIpc) is 3.12. The van der Waals surface area contributed by atoms with Gasteiger partial charge in [0.15, 0.2) is 11.6 Å².